The molecule has 0 spiro atoms. The van der Waals surface area contributed by atoms with E-state index in [2.05, 4.69) is 5.32 Å². The fourth-order valence-electron chi connectivity index (χ4n) is 2.56. The quantitative estimate of drug-likeness (QED) is 0.597. The van der Waals surface area contributed by atoms with E-state index in [0.717, 1.165) is 24.5 Å². The van der Waals surface area contributed by atoms with E-state index >= 15 is 0 Å². The van der Waals surface area contributed by atoms with Crippen molar-refractivity contribution in [3.05, 3.63) is 45.5 Å². The van der Waals surface area contributed by atoms with Crippen LogP contribution in [-0.4, -0.2) is 13.0 Å². The van der Waals surface area contributed by atoms with Crippen LogP contribution in [0.5, 0.6) is 5.75 Å². The highest BCUT2D eigenvalue weighted by Gasteiger charge is 2.34. The molecule has 1 amide bonds. The summed E-state index contributed by atoms with van der Waals surface area (Å²) in [5.74, 6) is -0.825. The molecule has 6 nitrogen and oxygen atoms in total. The van der Waals surface area contributed by atoms with E-state index in [1.54, 1.807) is 13.8 Å². The summed E-state index contributed by atoms with van der Waals surface area (Å²) in [4.78, 5) is 12.6. The Labute approximate surface area is 164 Å². The summed E-state index contributed by atoms with van der Waals surface area (Å²) in [6.07, 6.45) is -4.57. The number of rotatable bonds is 5. The SMILES string of the molecule is COc1ccc(CNC(=O)c2sc(N)c(/C(C)=C(/C)N)c2N)cc1C(F)(F)F. The number of hydrogen-bond acceptors (Lipinski definition) is 6. The molecule has 0 atom stereocenters. The first-order chi connectivity index (χ1) is 13.0. The number of carbonyl (C=O) groups is 1. The second-order valence-corrected chi connectivity index (χ2v) is 7.16. The molecule has 0 saturated carbocycles. The van der Waals surface area contributed by atoms with E-state index in [4.69, 9.17) is 21.9 Å². The number of allylic oxidation sites excluding steroid dienone is 2. The summed E-state index contributed by atoms with van der Waals surface area (Å²) in [6.45, 7) is 3.30. The van der Waals surface area contributed by atoms with Crippen LogP contribution in [0.1, 0.15) is 40.2 Å². The number of nitrogens with two attached hydrogens (primary N) is 3. The topological polar surface area (TPSA) is 116 Å². The summed E-state index contributed by atoms with van der Waals surface area (Å²) >= 11 is 0.994. The molecule has 0 aliphatic rings. The highest BCUT2D eigenvalue weighted by atomic mass is 32.1. The third-order valence-corrected chi connectivity index (χ3v) is 5.20. The lowest BCUT2D eigenvalue weighted by molar-refractivity contribution is -0.138. The summed E-state index contributed by atoms with van der Waals surface area (Å²) in [7, 11) is 1.16. The third-order valence-electron chi connectivity index (χ3n) is 4.17. The zero-order valence-corrected chi connectivity index (χ0v) is 16.3. The van der Waals surface area contributed by atoms with Gasteiger partial charge in [0.25, 0.3) is 5.91 Å². The van der Waals surface area contributed by atoms with Gasteiger partial charge >= 0.3 is 6.18 Å². The number of halogens is 3. The van der Waals surface area contributed by atoms with Gasteiger partial charge in [0.2, 0.25) is 0 Å². The average molecular weight is 414 g/mol. The fraction of sp³-hybridized carbons (Fsp3) is 0.278. The first-order valence-corrected chi connectivity index (χ1v) is 8.92. The number of hydrogen-bond donors (Lipinski definition) is 4. The fourth-order valence-corrected chi connectivity index (χ4v) is 3.53. The minimum atomic E-state index is -4.57. The molecule has 2 rings (SSSR count). The Kier molecular flexibility index (Phi) is 6.13. The summed E-state index contributed by atoms with van der Waals surface area (Å²) in [6, 6.07) is 3.58. The maximum Gasteiger partial charge on any atom is 0.419 e. The van der Waals surface area contributed by atoms with Crippen LogP contribution in [0.2, 0.25) is 0 Å². The Morgan fingerprint density at radius 1 is 1.25 bits per heavy atom. The van der Waals surface area contributed by atoms with Gasteiger partial charge in [-0.3, -0.25) is 4.79 Å². The highest BCUT2D eigenvalue weighted by Crippen LogP contribution is 2.39. The minimum Gasteiger partial charge on any atom is -0.496 e. The van der Waals surface area contributed by atoms with Gasteiger partial charge in [-0.2, -0.15) is 13.2 Å². The van der Waals surface area contributed by atoms with Gasteiger partial charge in [-0.05, 0) is 37.1 Å². The van der Waals surface area contributed by atoms with Gasteiger partial charge in [0, 0.05) is 17.8 Å². The van der Waals surface area contributed by atoms with Crippen molar-refractivity contribution in [1.82, 2.24) is 5.32 Å². The van der Waals surface area contributed by atoms with E-state index in [9.17, 15) is 18.0 Å². The first kappa shape index (κ1) is 21.4. The van der Waals surface area contributed by atoms with Crippen molar-refractivity contribution >= 4 is 33.5 Å². The molecule has 1 heterocycles. The molecule has 152 valence electrons. The molecule has 0 bridgehead atoms. The molecule has 28 heavy (non-hydrogen) atoms. The first-order valence-electron chi connectivity index (χ1n) is 8.10. The molecular formula is C18H21F3N4O2S. The smallest absolute Gasteiger partial charge is 0.419 e. The maximum atomic E-state index is 13.1. The second kappa shape index (κ2) is 8.01. The molecule has 1 aromatic heterocycles. The molecule has 2 aromatic rings. The van der Waals surface area contributed by atoms with Crippen LogP contribution >= 0.6 is 11.3 Å². The zero-order chi connectivity index (χ0) is 21.2. The standard InChI is InChI=1S/C18H21F3N4O2S/c1-8(9(2)22)13-14(23)15(28-16(13)24)17(26)25-7-10-4-5-12(27-3)11(6-10)18(19,20)21/h4-6H,7,22-24H2,1-3H3,(H,25,26)/b9-8-. The van der Waals surface area contributed by atoms with Crippen molar-refractivity contribution in [2.45, 2.75) is 26.6 Å². The number of thiophene rings is 1. The number of ether oxygens (including phenoxy) is 1. The van der Waals surface area contributed by atoms with Crippen LogP contribution in [0.25, 0.3) is 5.57 Å². The summed E-state index contributed by atoms with van der Waals surface area (Å²) in [5.41, 5.74) is 19.0. The number of anilines is 2. The number of methoxy groups -OCH3 is 1. The van der Waals surface area contributed by atoms with E-state index in [1.807, 2.05) is 0 Å². The van der Waals surface area contributed by atoms with Crippen molar-refractivity contribution in [2.24, 2.45) is 5.73 Å². The van der Waals surface area contributed by atoms with Gasteiger partial charge in [-0.25, -0.2) is 0 Å². The Balaban J connectivity index is 2.24. The molecule has 0 unspecified atom stereocenters. The number of nitrogen functional groups attached to an aromatic ring is 2. The lowest BCUT2D eigenvalue weighted by Gasteiger charge is -2.13. The monoisotopic (exact) mass is 414 g/mol. The van der Waals surface area contributed by atoms with Crippen molar-refractivity contribution in [1.29, 1.82) is 0 Å². The van der Waals surface area contributed by atoms with E-state index < -0.39 is 17.6 Å². The van der Waals surface area contributed by atoms with Gasteiger partial charge in [0.05, 0.1) is 23.4 Å². The Morgan fingerprint density at radius 2 is 1.89 bits per heavy atom. The maximum absolute atomic E-state index is 13.1. The summed E-state index contributed by atoms with van der Waals surface area (Å²) in [5, 5.41) is 2.90. The van der Waals surface area contributed by atoms with Gasteiger partial charge in [0.1, 0.15) is 10.6 Å². The average Bonchev–Trinajstić information content (AvgIpc) is 2.92. The summed E-state index contributed by atoms with van der Waals surface area (Å²) < 4.78 is 44.1. The van der Waals surface area contributed by atoms with Crippen molar-refractivity contribution in [3.8, 4) is 5.75 Å². The van der Waals surface area contributed by atoms with Crippen LogP contribution in [-0.2, 0) is 12.7 Å². The molecule has 7 N–H and O–H groups in total. The van der Waals surface area contributed by atoms with E-state index in [0.29, 0.717) is 21.8 Å². The molecular weight excluding hydrogens is 393 g/mol. The van der Waals surface area contributed by atoms with Gasteiger partial charge in [-0.15, -0.1) is 11.3 Å². The largest absolute Gasteiger partial charge is 0.496 e. The lowest BCUT2D eigenvalue weighted by Crippen LogP contribution is -2.23. The molecule has 0 fully saturated rings. The van der Waals surface area contributed by atoms with Gasteiger partial charge < -0.3 is 27.3 Å². The number of amides is 1. The van der Waals surface area contributed by atoms with Crippen LogP contribution in [0.4, 0.5) is 23.9 Å². The minimum absolute atomic E-state index is 0.122. The zero-order valence-electron chi connectivity index (χ0n) is 15.5. The van der Waals surface area contributed by atoms with Crippen LogP contribution in [0.15, 0.2) is 23.9 Å². The second-order valence-electron chi connectivity index (χ2n) is 6.11. The number of alkyl halides is 3. The van der Waals surface area contributed by atoms with E-state index in [1.165, 1.54) is 12.1 Å². The van der Waals surface area contributed by atoms with Crippen molar-refractivity contribution in [2.75, 3.05) is 18.6 Å². The molecule has 0 aliphatic heterocycles. The number of carbonyl (C=O) groups excluding carboxylic acids is 1. The number of nitrogens with one attached hydrogen (secondary N) is 1. The Hall–Kier alpha value is -2.88. The predicted octanol–water partition coefficient (Wildman–Crippen LogP) is 3.58. The molecule has 0 aliphatic carbocycles. The van der Waals surface area contributed by atoms with Crippen LogP contribution in [0, 0.1) is 0 Å². The molecule has 0 radical (unpaired) electrons. The van der Waals surface area contributed by atoms with Crippen LogP contribution < -0.4 is 27.3 Å². The molecule has 0 saturated heterocycles. The Morgan fingerprint density at radius 3 is 2.43 bits per heavy atom. The third kappa shape index (κ3) is 4.33. The highest BCUT2D eigenvalue weighted by molar-refractivity contribution is 7.18. The van der Waals surface area contributed by atoms with Gasteiger partial charge in [-0.1, -0.05) is 6.07 Å². The van der Waals surface area contributed by atoms with Crippen molar-refractivity contribution < 1.29 is 22.7 Å². The predicted molar refractivity (Wildman–Crippen MR) is 105 cm³/mol. The normalized spacial score (nSPS) is 12.5. The van der Waals surface area contributed by atoms with E-state index in [-0.39, 0.29) is 28.4 Å². The molecule has 1 aromatic carbocycles. The van der Waals surface area contributed by atoms with Gasteiger partial charge in [0.15, 0.2) is 0 Å². The van der Waals surface area contributed by atoms with Crippen molar-refractivity contribution in [3.63, 3.8) is 0 Å². The van der Waals surface area contributed by atoms with Crippen LogP contribution in [0.3, 0.4) is 0 Å². The molecule has 10 heteroatoms. The number of benzene rings is 1. The lowest BCUT2D eigenvalue weighted by atomic mass is 10.1. The Bertz CT molecular complexity index is 932.